The van der Waals surface area contributed by atoms with Crippen molar-refractivity contribution >= 4 is 10.9 Å². The molecule has 2 aromatic rings. The smallest absolute Gasteiger partial charge is 0.193 e. The average molecular weight is 241 g/mol. The van der Waals surface area contributed by atoms with E-state index in [1.807, 2.05) is 25.1 Å². The molecule has 0 radical (unpaired) electrons. The van der Waals surface area contributed by atoms with Crippen LogP contribution in [0.3, 0.4) is 0 Å². The van der Waals surface area contributed by atoms with E-state index in [9.17, 15) is 4.79 Å². The summed E-state index contributed by atoms with van der Waals surface area (Å²) >= 11 is 0. The molecule has 18 heavy (non-hydrogen) atoms. The van der Waals surface area contributed by atoms with Gasteiger partial charge in [-0.15, -0.1) is 0 Å². The van der Waals surface area contributed by atoms with E-state index in [1.54, 1.807) is 0 Å². The van der Waals surface area contributed by atoms with Gasteiger partial charge in [0, 0.05) is 22.2 Å². The molecule has 2 heteroatoms. The minimum absolute atomic E-state index is 0.243. The molecule has 1 aromatic carbocycles. The van der Waals surface area contributed by atoms with Crippen LogP contribution in [0.15, 0.2) is 23.0 Å². The molecule has 1 aromatic heterocycles. The monoisotopic (exact) mass is 241 g/mol. The number of benzene rings is 1. The predicted octanol–water partition coefficient (Wildman–Crippen LogP) is 3.35. The maximum Gasteiger partial charge on any atom is 0.193 e. The van der Waals surface area contributed by atoms with Gasteiger partial charge in [-0.1, -0.05) is 26.0 Å². The molecule has 0 saturated heterocycles. The van der Waals surface area contributed by atoms with E-state index >= 15 is 0 Å². The SMILES string of the molecule is Cc1cccc2[nH]c3c(c(=O)c12)CCC(C)(C)C3. The molecule has 2 nitrogen and oxygen atoms in total. The Hall–Kier alpha value is -1.57. The van der Waals surface area contributed by atoms with Crippen molar-refractivity contribution in [1.29, 1.82) is 0 Å². The number of pyridine rings is 1. The van der Waals surface area contributed by atoms with Crippen LogP contribution in [-0.2, 0) is 12.8 Å². The maximum absolute atomic E-state index is 12.6. The Morgan fingerprint density at radius 1 is 1.28 bits per heavy atom. The lowest BCUT2D eigenvalue weighted by molar-refractivity contribution is 0.310. The van der Waals surface area contributed by atoms with Gasteiger partial charge < -0.3 is 4.98 Å². The molecule has 1 N–H and O–H groups in total. The number of rotatable bonds is 0. The van der Waals surface area contributed by atoms with Crippen LogP contribution in [0.25, 0.3) is 10.9 Å². The summed E-state index contributed by atoms with van der Waals surface area (Å²) in [6.07, 6.45) is 2.98. The first kappa shape index (κ1) is 11.5. The number of hydrogen-bond donors (Lipinski definition) is 1. The van der Waals surface area contributed by atoms with Crippen molar-refractivity contribution in [3.63, 3.8) is 0 Å². The van der Waals surface area contributed by atoms with Crippen molar-refractivity contribution in [2.24, 2.45) is 5.41 Å². The second-order valence-corrected chi connectivity index (χ2v) is 6.25. The standard InChI is InChI=1S/C16H19NO/c1-10-5-4-6-12-14(10)15(18)11-7-8-16(2,3)9-13(11)17-12/h4-6H,7-9H2,1-3H3,(H,17,18). The van der Waals surface area contributed by atoms with Crippen LogP contribution in [0.2, 0.25) is 0 Å². The van der Waals surface area contributed by atoms with Gasteiger partial charge in [-0.3, -0.25) is 4.79 Å². The molecule has 0 fully saturated rings. The normalized spacial score (nSPS) is 17.7. The summed E-state index contributed by atoms with van der Waals surface area (Å²) in [6.45, 7) is 6.56. The van der Waals surface area contributed by atoms with Gasteiger partial charge in [0.05, 0.1) is 0 Å². The fraction of sp³-hybridized carbons (Fsp3) is 0.438. The molecule has 1 heterocycles. The molecule has 0 saturated carbocycles. The first-order valence-corrected chi connectivity index (χ1v) is 6.61. The van der Waals surface area contributed by atoms with Gasteiger partial charge >= 0.3 is 0 Å². The highest BCUT2D eigenvalue weighted by molar-refractivity contribution is 5.82. The number of aryl methyl sites for hydroxylation is 1. The molecule has 0 atom stereocenters. The second-order valence-electron chi connectivity index (χ2n) is 6.25. The van der Waals surface area contributed by atoms with Gasteiger partial charge in [0.1, 0.15) is 0 Å². The fourth-order valence-electron chi connectivity index (χ4n) is 3.04. The van der Waals surface area contributed by atoms with Gasteiger partial charge in [0.25, 0.3) is 0 Å². The lowest BCUT2D eigenvalue weighted by Crippen LogP contribution is -2.28. The second kappa shape index (κ2) is 3.71. The van der Waals surface area contributed by atoms with Crippen LogP contribution in [0, 0.1) is 12.3 Å². The van der Waals surface area contributed by atoms with Crippen molar-refractivity contribution in [1.82, 2.24) is 4.98 Å². The summed E-state index contributed by atoms with van der Waals surface area (Å²) < 4.78 is 0. The zero-order valence-electron chi connectivity index (χ0n) is 11.3. The number of aromatic nitrogens is 1. The summed E-state index contributed by atoms with van der Waals surface area (Å²) in [5.74, 6) is 0. The van der Waals surface area contributed by atoms with Crippen molar-refractivity contribution in [2.45, 2.75) is 40.0 Å². The Bertz CT molecular complexity index is 679. The average Bonchev–Trinajstić information content (AvgIpc) is 2.27. The van der Waals surface area contributed by atoms with E-state index in [2.05, 4.69) is 18.8 Å². The molecule has 3 rings (SSSR count). The summed E-state index contributed by atoms with van der Waals surface area (Å²) in [5, 5.41) is 0.871. The summed E-state index contributed by atoms with van der Waals surface area (Å²) in [7, 11) is 0. The highest BCUT2D eigenvalue weighted by Gasteiger charge is 2.27. The molecular formula is C16H19NO. The Morgan fingerprint density at radius 2 is 2.06 bits per heavy atom. The third-order valence-corrected chi connectivity index (χ3v) is 4.13. The Labute approximate surface area is 107 Å². The predicted molar refractivity (Wildman–Crippen MR) is 75.1 cm³/mol. The van der Waals surface area contributed by atoms with Crippen LogP contribution in [-0.4, -0.2) is 4.98 Å². The topological polar surface area (TPSA) is 32.9 Å². The van der Waals surface area contributed by atoms with Crippen molar-refractivity contribution < 1.29 is 0 Å². The Balaban J connectivity index is 2.33. The minimum Gasteiger partial charge on any atom is -0.358 e. The fourth-order valence-corrected chi connectivity index (χ4v) is 3.04. The van der Waals surface area contributed by atoms with Crippen LogP contribution in [0.1, 0.15) is 37.1 Å². The minimum atomic E-state index is 0.243. The number of nitrogens with one attached hydrogen (secondary N) is 1. The maximum atomic E-state index is 12.6. The van der Waals surface area contributed by atoms with Crippen molar-refractivity contribution in [3.8, 4) is 0 Å². The van der Waals surface area contributed by atoms with Gasteiger partial charge in [-0.2, -0.15) is 0 Å². The zero-order chi connectivity index (χ0) is 12.9. The number of H-pyrrole nitrogens is 1. The molecule has 0 aliphatic heterocycles. The molecule has 1 aliphatic carbocycles. The van der Waals surface area contributed by atoms with E-state index in [0.29, 0.717) is 5.41 Å². The lowest BCUT2D eigenvalue weighted by atomic mass is 9.76. The molecule has 0 bridgehead atoms. The molecular weight excluding hydrogens is 222 g/mol. The van der Waals surface area contributed by atoms with Crippen molar-refractivity contribution in [2.75, 3.05) is 0 Å². The van der Waals surface area contributed by atoms with E-state index in [0.717, 1.165) is 47.0 Å². The number of hydrogen-bond acceptors (Lipinski definition) is 1. The summed E-state index contributed by atoms with van der Waals surface area (Å²) in [4.78, 5) is 16.1. The first-order valence-electron chi connectivity index (χ1n) is 6.61. The number of fused-ring (bicyclic) bond motifs is 2. The quantitative estimate of drug-likeness (QED) is 0.753. The third-order valence-electron chi connectivity index (χ3n) is 4.13. The van der Waals surface area contributed by atoms with E-state index in [-0.39, 0.29) is 5.43 Å². The van der Waals surface area contributed by atoms with Gasteiger partial charge in [0.15, 0.2) is 5.43 Å². The largest absolute Gasteiger partial charge is 0.358 e. The van der Waals surface area contributed by atoms with Gasteiger partial charge in [-0.25, -0.2) is 0 Å². The Morgan fingerprint density at radius 3 is 2.83 bits per heavy atom. The van der Waals surface area contributed by atoms with E-state index in [1.165, 1.54) is 0 Å². The van der Waals surface area contributed by atoms with E-state index < -0.39 is 0 Å². The molecule has 0 amide bonds. The Kier molecular flexibility index (Phi) is 2.37. The lowest BCUT2D eigenvalue weighted by Gasteiger charge is -2.30. The van der Waals surface area contributed by atoms with E-state index in [4.69, 9.17) is 0 Å². The van der Waals surface area contributed by atoms with Gasteiger partial charge in [0.2, 0.25) is 0 Å². The molecule has 1 aliphatic rings. The van der Waals surface area contributed by atoms with Crippen LogP contribution < -0.4 is 5.43 Å². The summed E-state index contributed by atoms with van der Waals surface area (Å²) in [5.41, 5.74) is 4.75. The highest BCUT2D eigenvalue weighted by atomic mass is 16.1. The highest BCUT2D eigenvalue weighted by Crippen LogP contribution is 2.33. The third kappa shape index (κ3) is 1.67. The van der Waals surface area contributed by atoms with Crippen molar-refractivity contribution in [3.05, 3.63) is 45.2 Å². The molecule has 0 unspecified atom stereocenters. The van der Waals surface area contributed by atoms with Crippen LogP contribution in [0.5, 0.6) is 0 Å². The van der Waals surface area contributed by atoms with Crippen LogP contribution in [0.4, 0.5) is 0 Å². The van der Waals surface area contributed by atoms with Gasteiger partial charge in [-0.05, 0) is 43.2 Å². The van der Waals surface area contributed by atoms with Crippen LogP contribution >= 0.6 is 0 Å². The summed E-state index contributed by atoms with van der Waals surface area (Å²) in [6, 6.07) is 6.02. The molecule has 0 spiro atoms. The first-order chi connectivity index (χ1) is 8.48. The number of aromatic amines is 1. The zero-order valence-corrected chi connectivity index (χ0v) is 11.3. The molecule has 94 valence electrons.